The van der Waals surface area contributed by atoms with Gasteiger partial charge >= 0.3 is 0 Å². The summed E-state index contributed by atoms with van der Waals surface area (Å²) in [6.07, 6.45) is 16.5. The first-order chi connectivity index (χ1) is 19.9. The Balaban J connectivity index is 0.000000233. The van der Waals surface area contributed by atoms with Crippen molar-refractivity contribution >= 4 is 11.6 Å². The Morgan fingerprint density at radius 3 is 2.15 bits per heavy atom. The van der Waals surface area contributed by atoms with Gasteiger partial charge in [-0.2, -0.15) is 0 Å². The van der Waals surface area contributed by atoms with Gasteiger partial charge in [-0.1, -0.05) is 132 Å². The molecule has 1 aliphatic carbocycles. The van der Waals surface area contributed by atoms with E-state index >= 15 is 0 Å². The predicted octanol–water partition coefficient (Wildman–Crippen LogP) is 9.40. The molecular formula is C39H56N2. The Bertz CT molecular complexity index is 1320. The van der Waals surface area contributed by atoms with Gasteiger partial charge < -0.3 is 4.57 Å². The first-order valence-corrected chi connectivity index (χ1v) is 16.4. The van der Waals surface area contributed by atoms with Crippen molar-refractivity contribution in [1.29, 1.82) is 0 Å². The van der Waals surface area contributed by atoms with Gasteiger partial charge in [-0.25, -0.2) is 4.98 Å². The van der Waals surface area contributed by atoms with Crippen LogP contribution in [0, 0.1) is 6.92 Å². The summed E-state index contributed by atoms with van der Waals surface area (Å²) in [6, 6.07) is 19.9. The Kier molecular flexibility index (Phi) is 13.2. The molecule has 0 atom stereocenters. The highest BCUT2D eigenvalue weighted by Crippen LogP contribution is 2.42. The van der Waals surface area contributed by atoms with Crippen LogP contribution in [0.15, 0.2) is 66.7 Å². The highest BCUT2D eigenvalue weighted by atomic mass is 15.1. The molecule has 1 aromatic heterocycles. The van der Waals surface area contributed by atoms with E-state index in [0.29, 0.717) is 0 Å². The summed E-state index contributed by atoms with van der Waals surface area (Å²) >= 11 is 0. The third-order valence-corrected chi connectivity index (χ3v) is 8.75. The SMILES string of the molecule is C=C(CCC)C(CCC)(CCC)c1ccccc1.CCCCn1c(CCc2ccc(C)cc2)nc2c1=CCCC=2C. The van der Waals surface area contributed by atoms with Gasteiger partial charge in [-0.05, 0) is 75.5 Å². The van der Waals surface area contributed by atoms with E-state index in [1.807, 2.05) is 0 Å². The molecule has 0 unspecified atom stereocenters. The zero-order valence-corrected chi connectivity index (χ0v) is 27.1. The number of nitrogens with zero attached hydrogens (tertiary/aromatic N) is 2. The van der Waals surface area contributed by atoms with E-state index in [0.717, 1.165) is 38.6 Å². The molecule has 0 bridgehead atoms. The topological polar surface area (TPSA) is 17.8 Å². The summed E-state index contributed by atoms with van der Waals surface area (Å²) in [5.41, 5.74) is 7.29. The number of aromatic nitrogens is 2. The van der Waals surface area contributed by atoms with Gasteiger partial charge in [0.25, 0.3) is 0 Å². The van der Waals surface area contributed by atoms with Crippen LogP contribution in [-0.4, -0.2) is 9.55 Å². The lowest BCUT2D eigenvalue weighted by Crippen LogP contribution is -2.33. The van der Waals surface area contributed by atoms with Gasteiger partial charge in [0.1, 0.15) is 5.82 Å². The van der Waals surface area contributed by atoms with Gasteiger partial charge in [0.05, 0.1) is 10.7 Å². The number of hydrogen-bond donors (Lipinski definition) is 0. The maximum absolute atomic E-state index is 5.01. The highest BCUT2D eigenvalue weighted by Gasteiger charge is 2.32. The average Bonchev–Trinajstić information content (AvgIpc) is 3.35. The van der Waals surface area contributed by atoms with Gasteiger partial charge in [0.15, 0.2) is 0 Å². The molecule has 41 heavy (non-hydrogen) atoms. The first kappa shape index (κ1) is 32.6. The van der Waals surface area contributed by atoms with Crippen LogP contribution in [-0.2, 0) is 24.8 Å². The molecule has 0 N–H and O–H groups in total. The minimum atomic E-state index is 0.209. The third kappa shape index (κ3) is 8.57. The van der Waals surface area contributed by atoms with Crippen LogP contribution in [0.25, 0.3) is 11.6 Å². The molecule has 2 nitrogen and oxygen atoms in total. The molecule has 222 valence electrons. The van der Waals surface area contributed by atoms with Crippen LogP contribution in [0.1, 0.15) is 121 Å². The number of hydrogen-bond acceptors (Lipinski definition) is 1. The maximum Gasteiger partial charge on any atom is 0.110 e. The number of rotatable bonds is 14. The van der Waals surface area contributed by atoms with E-state index in [1.54, 1.807) is 0 Å². The zero-order valence-electron chi connectivity index (χ0n) is 27.1. The summed E-state index contributed by atoms with van der Waals surface area (Å²) in [6.45, 7) is 19.0. The molecule has 0 fully saturated rings. The van der Waals surface area contributed by atoms with Crippen molar-refractivity contribution in [2.45, 2.75) is 131 Å². The number of unbranched alkanes of at least 4 members (excludes halogenated alkanes) is 1. The second-order valence-electron chi connectivity index (χ2n) is 12.1. The molecule has 0 saturated heterocycles. The fourth-order valence-electron chi connectivity index (χ4n) is 6.47. The van der Waals surface area contributed by atoms with E-state index in [4.69, 9.17) is 4.98 Å². The average molecular weight is 553 g/mol. The molecule has 1 heterocycles. The molecule has 0 aliphatic heterocycles. The Labute approximate surface area is 251 Å². The number of allylic oxidation sites excluding steroid dienone is 1. The molecule has 0 amide bonds. The molecule has 0 saturated carbocycles. The Hall–Kier alpha value is -2.87. The normalized spacial score (nSPS) is 12.8. The number of benzene rings is 2. The van der Waals surface area contributed by atoms with Crippen molar-refractivity contribution < 1.29 is 0 Å². The van der Waals surface area contributed by atoms with E-state index in [1.165, 1.54) is 89.3 Å². The van der Waals surface area contributed by atoms with Crippen LogP contribution >= 0.6 is 0 Å². The van der Waals surface area contributed by atoms with Crippen LogP contribution in [0.5, 0.6) is 0 Å². The molecule has 2 heteroatoms. The monoisotopic (exact) mass is 552 g/mol. The molecule has 4 rings (SSSR count). The van der Waals surface area contributed by atoms with Crippen LogP contribution in [0.4, 0.5) is 0 Å². The van der Waals surface area contributed by atoms with Crippen molar-refractivity contribution in [3.05, 3.63) is 100.0 Å². The lowest BCUT2D eigenvalue weighted by atomic mass is 9.67. The smallest absolute Gasteiger partial charge is 0.110 e. The van der Waals surface area contributed by atoms with Crippen molar-refractivity contribution in [2.24, 2.45) is 0 Å². The minimum Gasteiger partial charge on any atom is -0.328 e. The van der Waals surface area contributed by atoms with E-state index in [9.17, 15) is 0 Å². The van der Waals surface area contributed by atoms with Crippen LogP contribution < -0.4 is 10.7 Å². The van der Waals surface area contributed by atoms with Crippen LogP contribution in [0.3, 0.4) is 0 Å². The summed E-state index contributed by atoms with van der Waals surface area (Å²) in [5.74, 6) is 1.27. The van der Waals surface area contributed by atoms with Gasteiger partial charge in [0, 0.05) is 18.4 Å². The minimum absolute atomic E-state index is 0.209. The maximum atomic E-state index is 5.01. The first-order valence-electron chi connectivity index (χ1n) is 16.4. The Morgan fingerprint density at radius 1 is 0.854 bits per heavy atom. The van der Waals surface area contributed by atoms with E-state index in [2.05, 4.69) is 113 Å². The molecule has 3 aromatic rings. The number of fused-ring (bicyclic) bond motifs is 1. The zero-order chi connectivity index (χ0) is 29.7. The Morgan fingerprint density at radius 2 is 1.54 bits per heavy atom. The summed E-state index contributed by atoms with van der Waals surface area (Å²) < 4.78 is 2.48. The van der Waals surface area contributed by atoms with E-state index < -0.39 is 0 Å². The fraction of sp³-hybridized carbons (Fsp3) is 0.513. The van der Waals surface area contributed by atoms with Crippen LogP contribution in [0.2, 0.25) is 0 Å². The van der Waals surface area contributed by atoms with Crippen molar-refractivity contribution in [3.8, 4) is 0 Å². The predicted molar refractivity (Wildman–Crippen MR) is 180 cm³/mol. The summed E-state index contributed by atoms with van der Waals surface area (Å²) in [4.78, 5) is 5.01. The van der Waals surface area contributed by atoms with E-state index in [-0.39, 0.29) is 5.41 Å². The second kappa shape index (κ2) is 16.5. The van der Waals surface area contributed by atoms with Gasteiger partial charge in [0.2, 0.25) is 0 Å². The number of aryl methyl sites for hydroxylation is 3. The van der Waals surface area contributed by atoms with Gasteiger partial charge in [-0.15, -0.1) is 0 Å². The summed E-state index contributed by atoms with van der Waals surface area (Å²) in [7, 11) is 0. The molecule has 0 radical (unpaired) electrons. The van der Waals surface area contributed by atoms with Gasteiger partial charge in [-0.3, -0.25) is 0 Å². The fourth-order valence-corrected chi connectivity index (χ4v) is 6.47. The van der Waals surface area contributed by atoms with Crippen molar-refractivity contribution in [1.82, 2.24) is 9.55 Å². The largest absolute Gasteiger partial charge is 0.328 e. The van der Waals surface area contributed by atoms with Crippen molar-refractivity contribution in [3.63, 3.8) is 0 Å². The lowest BCUT2D eigenvalue weighted by Gasteiger charge is -2.37. The molecule has 2 aromatic carbocycles. The summed E-state index contributed by atoms with van der Waals surface area (Å²) in [5, 5.41) is 2.63. The third-order valence-electron chi connectivity index (χ3n) is 8.75. The quantitative estimate of drug-likeness (QED) is 0.182. The molecule has 0 spiro atoms. The highest BCUT2D eigenvalue weighted by molar-refractivity contribution is 5.46. The number of imidazole rings is 1. The lowest BCUT2D eigenvalue weighted by molar-refractivity contribution is 0.405. The molecule has 1 aliphatic rings. The van der Waals surface area contributed by atoms with Crippen molar-refractivity contribution in [2.75, 3.05) is 0 Å². The standard InChI is InChI=1S/C21H28N2.C18H28/c1-4-5-15-23-19-8-6-7-17(3)21(19)22-20(23)14-13-18-11-9-16(2)10-12-18;1-5-11-16(4)18(14-6-2,15-7-3)17-12-9-8-10-13-17/h8-12H,4-7,13-15H2,1-3H3;8-10,12-13H,4-7,11,14-15H2,1-3H3. The molecular weight excluding hydrogens is 496 g/mol. The second-order valence-corrected chi connectivity index (χ2v) is 12.1.